The Morgan fingerprint density at radius 3 is 0.917 bits per heavy atom. The summed E-state index contributed by atoms with van der Waals surface area (Å²) in [6.07, 6.45) is 60.9. The first-order valence-electron chi connectivity index (χ1n) is 35.9. The second-order valence-corrected chi connectivity index (χ2v) is 24.4. The molecule has 0 aromatic carbocycles. The van der Waals surface area contributed by atoms with Crippen molar-refractivity contribution in [1.82, 2.24) is 42.5 Å². The second kappa shape index (κ2) is 83.6. The lowest BCUT2D eigenvalue weighted by Gasteiger charge is -2.19. The van der Waals surface area contributed by atoms with Crippen LogP contribution in [0, 0.1) is 5.92 Å². The second-order valence-electron chi connectivity index (χ2n) is 24.4. The molecule has 16 N–H and O–H groups in total. The number of aliphatic hydroxyl groups excluding tert-OH is 2. The van der Waals surface area contributed by atoms with Gasteiger partial charge in [0.15, 0.2) is 0 Å². The average Bonchev–Trinajstić information content (AvgIpc) is 3.47. The van der Waals surface area contributed by atoms with Gasteiger partial charge in [-0.2, -0.15) is 0 Å². The number of carbonyl (C=O) groups excluding carboxylic acids is 2. The minimum atomic E-state index is -0.689. The summed E-state index contributed by atoms with van der Waals surface area (Å²) in [5.41, 5.74) is 0. The van der Waals surface area contributed by atoms with Gasteiger partial charge in [-0.25, -0.2) is 0 Å². The van der Waals surface area contributed by atoms with Gasteiger partial charge in [-0.3, -0.25) is 9.59 Å². The molecule has 0 unspecified atom stereocenters. The van der Waals surface area contributed by atoms with Crippen LogP contribution in [0.15, 0.2) is 0 Å². The topological polar surface area (TPSA) is 265 Å². The minimum Gasteiger partial charge on any atom is -0.412 e. The van der Waals surface area contributed by atoms with Crippen molar-refractivity contribution < 1.29 is 36.2 Å². The van der Waals surface area contributed by atoms with Crippen LogP contribution in [0.1, 0.15) is 322 Å². The zero-order chi connectivity index (χ0) is 59.1. The highest BCUT2D eigenvalue weighted by Gasteiger charge is 2.09. The van der Waals surface area contributed by atoms with Crippen LogP contribution in [-0.2, 0) is 9.59 Å². The largest absolute Gasteiger partial charge is 0.412 e. The molecule has 84 heavy (non-hydrogen) atoms. The predicted octanol–water partition coefficient (Wildman–Crippen LogP) is 12.3. The molecule has 510 valence electrons. The van der Waals surface area contributed by atoms with E-state index < -0.39 is 6.10 Å². The van der Waals surface area contributed by atoms with Gasteiger partial charge in [0.1, 0.15) is 0 Å². The zero-order valence-corrected chi connectivity index (χ0v) is 56.5. The molecule has 0 rings (SSSR count). The quantitative estimate of drug-likeness (QED) is 0.0257. The molecule has 0 bridgehead atoms. The standard InChI is InChI=1S/C38H77NO3.C31H69N7O.3H2O/c1-2-3-4-5-6-7-8-9-10-11-12-13-14-15-16-17-18-19-20-21-22-23-24-25-26-27-28-29-30-31-35-39-38(42)34-32-33-37(41)36-40;1-4-5-8-18-31(39)38-27-10-7-6-9-17-30(28-36-23-13-11-21-34-25-15-19-32-2)29-37-24-14-12-22-35-26-16-20-33-3;;;/h37,40-41H,2-36H2,1H3,(H,39,42);30,32-37H,4-29H2,1-3H3,(H,38,39);3*1H2/t37-;;;;/m0..../s1. The van der Waals surface area contributed by atoms with Crippen molar-refractivity contribution in [2.24, 2.45) is 5.92 Å². The first-order chi connectivity index (χ1) is 39.9. The van der Waals surface area contributed by atoms with E-state index in [2.05, 4.69) is 56.4 Å². The number of aliphatic hydroxyl groups is 2. The molecule has 15 nitrogen and oxygen atoms in total. The summed E-state index contributed by atoms with van der Waals surface area (Å²) >= 11 is 0. The van der Waals surface area contributed by atoms with Gasteiger partial charge in [0, 0.05) is 25.9 Å². The third-order valence-electron chi connectivity index (χ3n) is 16.2. The van der Waals surface area contributed by atoms with Crippen LogP contribution in [0.2, 0.25) is 0 Å². The molecule has 0 fully saturated rings. The molecule has 0 aliphatic heterocycles. The first-order valence-corrected chi connectivity index (χ1v) is 35.9. The molecule has 0 saturated carbocycles. The number of carbonyl (C=O) groups is 2. The van der Waals surface area contributed by atoms with Crippen molar-refractivity contribution in [1.29, 1.82) is 0 Å². The lowest BCUT2D eigenvalue weighted by molar-refractivity contribution is -0.122. The molecule has 0 aromatic rings. The Hall–Kier alpha value is -1.50. The van der Waals surface area contributed by atoms with E-state index in [0.717, 1.165) is 104 Å². The molecule has 2 amide bonds. The SMILES string of the molecule is CCCCCC(=O)NCCCCCCC(CNCCCCNCCCNC)CNCCCCNCCCNC.CCCCCCCCCCCCCCCCCCCCCCCCCCCCCCCCNC(=O)CCC[C@H](O)CO.O.O.O. The summed E-state index contributed by atoms with van der Waals surface area (Å²) in [7, 11) is 4.03. The summed E-state index contributed by atoms with van der Waals surface area (Å²) < 4.78 is 0. The fourth-order valence-electron chi connectivity index (χ4n) is 10.7. The van der Waals surface area contributed by atoms with Crippen LogP contribution in [0.4, 0.5) is 0 Å². The molecular weight excluding hydrogens is 1050 g/mol. The third-order valence-corrected chi connectivity index (χ3v) is 16.2. The summed E-state index contributed by atoms with van der Waals surface area (Å²) in [6, 6.07) is 0. The Balaban J connectivity index is -0.000000479. The molecule has 0 aliphatic carbocycles. The summed E-state index contributed by atoms with van der Waals surface area (Å²) in [4.78, 5) is 23.6. The fourth-order valence-corrected chi connectivity index (χ4v) is 10.7. The molecule has 0 saturated heterocycles. The number of rotatable bonds is 69. The van der Waals surface area contributed by atoms with E-state index in [9.17, 15) is 14.7 Å². The van der Waals surface area contributed by atoms with Crippen LogP contribution < -0.4 is 42.5 Å². The molecule has 1 atom stereocenters. The summed E-state index contributed by atoms with van der Waals surface area (Å²) in [5, 5.41) is 45.1. The highest BCUT2D eigenvalue weighted by molar-refractivity contribution is 5.76. The Bertz CT molecular complexity index is 1160. The van der Waals surface area contributed by atoms with Gasteiger partial charge < -0.3 is 69.2 Å². The maximum absolute atomic E-state index is 11.8. The fraction of sp³-hybridized carbons (Fsp3) is 0.971. The van der Waals surface area contributed by atoms with Crippen molar-refractivity contribution in [3.63, 3.8) is 0 Å². The van der Waals surface area contributed by atoms with Crippen LogP contribution in [-0.4, -0.2) is 144 Å². The molecule has 0 aromatic heterocycles. The van der Waals surface area contributed by atoms with E-state index in [1.807, 2.05) is 14.1 Å². The number of hydrogen-bond acceptors (Lipinski definition) is 10. The maximum atomic E-state index is 11.8. The van der Waals surface area contributed by atoms with Gasteiger partial charge in [0.25, 0.3) is 0 Å². The van der Waals surface area contributed by atoms with Crippen LogP contribution >= 0.6 is 0 Å². The lowest BCUT2D eigenvalue weighted by atomic mass is 10.00. The lowest BCUT2D eigenvalue weighted by Crippen LogP contribution is -2.32. The smallest absolute Gasteiger partial charge is 0.219 e. The molecule has 15 heteroatoms. The Morgan fingerprint density at radius 2 is 0.583 bits per heavy atom. The number of hydrogen-bond donors (Lipinski definition) is 10. The predicted molar refractivity (Wildman–Crippen MR) is 366 cm³/mol. The molecule has 0 spiro atoms. The van der Waals surface area contributed by atoms with Crippen molar-refractivity contribution in [2.75, 3.05) is 99.2 Å². The summed E-state index contributed by atoms with van der Waals surface area (Å²) in [5.74, 6) is 0.993. The zero-order valence-electron chi connectivity index (χ0n) is 56.5. The van der Waals surface area contributed by atoms with E-state index in [4.69, 9.17) is 5.11 Å². The molecular formula is C69H152N8O7. The minimum absolute atomic E-state index is 0. The van der Waals surface area contributed by atoms with E-state index in [0.29, 0.717) is 31.6 Å². The van der Waals surface area contributed by atoms with Crippen molar-refractivity contribution in [3.8, 4) is 0 Å². The average molecular weight is 1210 g/mol. The molecule has 0 heterocycles. The highest BCUT2D eigenvalue weighted by Crippen LogP contribution is 2.17. The monoisotopic (exact) mass is 1210 g/mol. The van der Waals surface area contributed by atoms with Crippen LogP contribution in [0.3, 0.4) is 0 Å². The maximum Gasteiger partial charge on any atom is 0.219 e. The first kappa shape index (κ1) is 91.2. The Labute approximate surface area is 521 Å². The van der Waals surface area contributed by atoms with Gasteiger partial charge in [0.05, 0.1) is 12.7 Å². The van der Waals surface area contributed by atoms with Gasteiger partial charge in [-0.1, -0.05) is 232 Å². The normalized spacial score (nSPS) is 11.4. The van der Waals surface area contributed by atoms with Crippen molar-refractivity contribution in [2.45, 2.75) is 328 Å². The van der Waals surface area contributed by atoms with Gasteiger partial charge in [-0.05, 0) is 163 Å². The number of unbranched alkanes of at least 4 members (excludes halogenated alkanes) is 36. The van der Waals surface area contributed by atoms with E-state index >= 15 is 0 Å². The van der Waals surface area contributed by atoms with E-state index in [1.54, 1.807) is 0 Å². The van der Waals surface area contributed by atoms with E-state index in [1.165, 1.54) is 257 Å². The summed E-state index contributed by atoms with van der Waals surface area (Å²) in [6.45, 7) is 17.0. The molecule has 0 aliphatic rings. The van der Waals surface area contributed by atoms with Crippen LogP contribution in [0.25, 0.3) is 0 Å². The number of amides is 2. The van der Waals surface area contributed by atoms with Gasteiger partial charge in [-0.15, -0.1) is 0 Å². The molecule has 0 radical (unpaired) electrons. The van der Waals surface area contributed by atoms with Gasteiger partial charge in [0.2, 0.25) is 11.8 Å². The highest BCUT2D eigenvalue weighted by atomic mass is 16.3. The van der Waals surface area contributed by atoms with Crippen molar-refractivity contribution >= 4 is 11.8 Å². The van der Waals surface area contributed by atoms with E-state index in [-0.39, 0.29) is 34.8 Å². The van der Waals surface area contributed by atoms with Crippen molar-refractivity contribution in [3.05, 3.63) is 0 Å². The van der Waals surface area contributed by atoms with Gasteiger partial charge >= 0.3 is 0 Å². The third kappa shape index (κ3) is 82.6. The Morgan fingerprint density at radius 1 is 0.310 bits per heavy atom. The van der Waals surface area contributed by atoms with Crippen LogP contribution in [0.5, 0.6) is 0 Å². The number of nitrogens with one attached hydrogen (secondary N) is 8. The Kier molecular flexibility index (Phi) is 90.8.